The highest BCUT2D eigenvalue weighted by Gasteiger charge is 2.29. The lowest BCUT2D eigenvalue weighted by molar-refractivity contribution is 0.115. The van der Waals surface area contributed by atoms with Crippen LogP contribution >= 0.6 is 0 Å². The van der Waals surface area contributed by atoms with E-state index in [1.807, 2.05) is 6.07 Å². The Balaban J connectivity index is 2.00. The number of nitrogens with two attached hydrogens (primary N) is 1. The number of nitrogens with zero attached hydrogens (tertiary/aromatic N) is 1. The summed E-state index contributed by atoms with van der Waals surface area (Å²) >= 11 is 0. The van der Waals surface area contributed by atoms with Crippen molar-refractivity contribution in [2.45, 2.75) is 25.2 Å². The summed E-state index contributed by atoms with van der Waals surface area (Å²) in [4.78, 5) is 2.49. The maximum atomic E-state index is 9.20. The number of piperidine rings is 1. The van der Waals surface area contributed by atoms with Gasteiger partial charge in [-0.1, -0.05) is 37.3 Å². The largest absolute Gasteiger partial charge is 0.396 e. The zero-order valence-corrected chi connectivity index (χ0v) is 11.9. The fraction of sp³-hybridized carbons (Fsp3) is 0.625. The van der Waals surface area contributed by atoms with Gasteiger partial charge in [0.1, 0.15) is 0 Å². The van der Waals surface area contributed by atoms with E-state index < -0.39 is 0 Å². The van der Waals surface area contributed by atoms with Gasteiger partial charge in [-0.15, -0.1) is 0 Å². The second-order valence-corrected chi connectivity index (χ2v) is 6.03. The van der Waals surface area contributed by atoms with Crippen molar-refractivity contribution in [1.82, 2.24) is 4.90 Å². The Hall–Kier alpha value is -0.900. The highest BCUT2D eigenvalue weighted by Crippen LogP contribution is 2.26. The number of likely N-dealkylation sites (tertiary alicyclic amines) is 1. The first-order valence-corrected chi connectivity index (χ1v) is 7.27. The zero-order chi connectivity index (χ0) is 13.7. The Morgan fingerprint density at radius 1 is 1.26 bits per heavy atom. The smallest absolute Gasteiger partial charge is 0.0460 e. The molecule has 3 nitrogen and oxygen atoms in total. The lowest BCUT2D eigenvalue weighted by Gasteiger charge is -2.38. The van der Waals surface area contributed by atoms with Crippen LogP contribution in [-0.2, 0) is 5.41 Å². The molecule has 1 aromatic rings. The molecule has 3 heteroatoms. The molecule has 1 saturated heterocycles. The van der Waals surface area contributed by atoms with Crippen molar-refractivity contribution in [3.8, 4) is 0 Å². The van der Waals surface area contributed by atoms with Gasteiger partial charge in [-0.25, -0.2) is 0 Å². The first-order valence-electron chi connectivity index (χ1n) is 7.27. The van der Waals surface area contributed by atoms with Gasteiger partial charge < -0.3 is 15.7 Å². The average molecular weight is 262 g/mol. The molecule has 2 rings (SSSR count). The predicted octanol–water partition coefficient (Wildman–Crippen LogP) is 1.61. The second-order valence-electron chi connectivity index (χ2n) is 6.03. The molecule has 1 atom stereocenters. The normalized spacial score (nSPS) is 21.2. The molecule has 1 unspecified atom stereocenters. The van der Waals surface area contributed by atoms with Gasteiger partial charge >= 0.3 is 0 Å². The molecule has 3 N–H and O–H groups in total. The van der Waals surface area contributed by atoms with Crippen molar-refractivity contribution >= 4 is 0 Å². The molecule has 0 radical (unpaired) electrons. The van der Waals surface area contributed by atoms with Crippen LogP contribution in [0.3, 0.4) is 0 Å². The summed E-state index contributed by atoms with van der Waals surface area (Å²) in [6.07, 6.45) is 2.21. The molecule has 19 heavy (non-hydrogen) atoms. The summed E-state index contributed by atoms with van der Waals surface area (Å²) in [7, 11) is 0. The Morgan fingerprint density at radius 2 is 1.89 bits per heavy atom. The van der Waals surface area contributed by atoms with Crippen molar-refractivity contribution in [1.29, 1.82) is 0 Å². The van der Waals surface area contributed by atoms with Crippen molar-refractivity contribution in [2.24, 2.45) is 11.7 Å². The molecule has 0 saturated carbocycles. The molecule has 1 aliphatic rings. The van der Waals surface area contributed by atoms with Crippen LogP contribution in [0.4, 0.5) is 0 Å². The Labute approximate surface area is 116 Å². The monoisotopic (exact) mass is 262 g/mol. The maximum absolute atomic E-state index is 9.20. The van der Waals surface area contributed by atoms with E-state index in [9.17, 15) is 5.11 Å². The van der Waals surface area contributed by atoms with E-state index in [1.54, 1.807) is 0 Å². The van der Waals surface area contributed by atoms with Gasteiger partial charge in [0.2, 0.25) is 0 Å². The minimum atomic E-state index is 0.0211. The molecule has 106 valence electrons. The third-order valence-electron chi connectivity index (χ3n) is 4.46. The van der Waals surface area contributed by atoms with Crippen LogP contribution in [0.2, 0.25) is 0 Å². The highest BCUT2D eigenvalue weighted by molar-refractivity contribution is 5.25. The topological polar surface area (TPSA) is 49.5 Å². The molecule has 0 amide bonds. The maximum Gasteiger partial charge on any atom is 0.0460 e. The van der Waals surface area contributed by atoms with Crippen molar-refractivity contribution in [2.75, 3.05) is 32.8 Å². The molecular formula is C16H26N2O. The van der Waals surface area contributed by atoms with Gasteiger partial charge in [0.05, 0.1) is 0 Å². The fourth-order valence-electron chi connectivity index (χ4n) is 2.93. The number of aliphatic hydroxyl groups excluding tert-OH is 1. The van der Waals surface area contributed by atoms with Crippen molar-refractivity contribution in [3.63, 3.8) is 0 Å². The number of hydrogen-bond acceptors (Lipinski definition) is 3. The van der Waals surface area contributed by atoms with Crippen LogP contribution < -0.4 is 5.73 Å². The van der Waals surface area contributed by atoms with Crippen LogP contribution in [0.25, 0.3) is 0 Å². The van der Waals surface area contributed by atoms with E-state index >= 15 is 0 Å². The van der Waals surface area contributed by atoms with E-state index in [2.05, 4.69) is 36.1 Å². The summed E-state index contributed by atoms with van der Waals surface area (Å²) in [5.74, 6) is 0.497. The summed E-state index contributed by atoms with van der Waals surface area (Å²) in [6, 6.07) is 10.6. The molecule has 0 spiro atoms. The number of hydrogen-bond donors (Lipinski definition) is 2. The minimum Gasteiger partial charge on any atom is -0.396 e. The quantitative estimate of drug-likeness (QED) is 0.847. The van der Waals surface area contributed by atoms with Crippen LogP contribution in [0.5, 0.6) is 0 Å². The van der Waals surface area contributed by atoms with Crippen LogP contribution in [0.1, 0.15) is 25.3 Å². The summed E-state index contributed by atoms with van der Waals surface area (Å²) < 4.78 is 0. The fourth-order valence-corrected chi connectivity index (χ4v) is 2.93. The first kappa shape index (κ1) is 14.5. The van der Waals surface area contributed by atoms with Crippen LogP contribution in [0.15, 0.2) is 30.3 Å². The summed E-state index contributed by atoms with van der Waals surface area (Å²) in [5.41, 5.74) is 7.39. The predicted molar refractivity (Wildman–Crippen MR) is 79.1 cm³/mol. The second kappa shape index (κ2) is 6.51. The third-order valence-corrected chi connectivity index (χ3v) is 4.46. The molecule has 1 aromatic carbocycles. The molecule has 1 aliphatic heterocycles. The van der Waals surface area contributed by atoms with Crippen molar-refractivity contribution in [3.05, 3.63) is 35.9 Å². The van der Waals surface area contributed by atoms with Crippen molar-refractivity contribution < 1.29 is 5.11 Å². The van der Waals surface area contributed by atoms with Gasteiger partial charge in [0, 0.05) is 25.1 Å². The third kappa shape index (κ3) is 3.56. The average Bonchev–Trinajstić information content (AvgIpc) is 2.49. The lowest BCUT2D eigenvalue weighted by Crippen LogP contribution is -2.46. The van der Waals surface area contributed by atoms with Crippen LogP contribution in [-0.4, -0.2) is 42.8 Å². The van der Waals surface area contributed by atoms with Gasteiger partial charge in [-0.3, -0.25) is 0 Å². The number of aliphatic hydroxyl groups is 1. The number of benzene rings is 1. The Bertz CT molecular complexity index is 374. The Morgan fingerprint density at radius 3 is 2.42 bits per heavy atom. The summed E-state index contributed by atoms with van der Waals surface area (Å²) in [6.45, 7) is 6.41. The van der Waals surface area contributed by atoms with Gasteiger partial charge in [0.15, 0.2) is 0 Å². The lowest BCUT2D eigenvalue weighted by atomic mass is 9.81. The van der Waals surface area contributed by atoms with Gasteiger partial charge in [-0.2, -0.15) is 0 Å². The molecule has 1 fully saturated rings. The molecule has 0 bridgehead atoms. The summed E-state index contributed by atoms with van der Waals surface area (Å²) in [5, 5.41) is 9.20. The zero-order valence-electron chi connectivity index (χ0n) is 11.9. The van der Waals surface area contributed by atoms with E-state index in [1.165, 1.54) is 5.56 Å². The van der Waals surface area contributed by atoms with E-state index in [0.29, 0.717) is 19.1 Å². The standard InChI is InChI=1S/C16H26N2O/c1-16(12-17,15-5-3-2-4-6-15)13-18-9-7-14(11-19)8-10-18/h2-6,14,19H,7-13,17H2,1H3. The molecule has 1 heterocycles. The minimum absolute atomic E-state index is 0.0211. The highest BCUT2D eigenvalue weighted by atomic mass is 16.3. The molecule has 0 aromatic heterocycles. The van der Waals surface area contributed by atoms with Gasteiger partial charge in [-0.05, 0) is 37.4 Å². The van der Waals surface area contributed by atoms with Crippen LogP contribution in [0, 0.1) is 5.92 Å². The van der Waals surface area contributed by atoms with E-state index in [4.69, 9.17) is 5.73 Å². The SMILES string of the molecule is CC(CN)(CN1CCC(CO)CC1)c1ccccc1. The molecule has 0 aliphatic carbocycles. The molecular weight excluding hydrogens is 236 g/mol. The first-order chi connectivity index (χ1) is 9.18. The van der Waals surface area contributed by atoms with E-state index in [0.717, 1.165) is 32.5 Å². The van der Waals surface area contributed by atoms with Gasteiger partial charge in [0.25, 0.3) is 0 Å². The Kier molecular flexibility index (Phi) is 4.97. The van der Waals surface area contributed by atoms with E-state index in [-0.39, 0.29) is 5.41 Å². The number of rotatable bonds is 5.